The SMILES string of the molecule is CC.CCCC(CC)c1noc(C)n1. The molecule has 0 amide bonds. The fourth-order valence-electron chi connectivity index (χ4n) is 1.35. The summed E-state index contributed by atoms with van der Waals surface area (Å²) in [4.78, 5) is 4.22. The fourth-order valence-corrected chi connectivity index (χ4v) is 1.35. The number of nitrogens with zero attached hydrogens (tertiary/aromatic N) is 2. The van der Waals surface area contributed by atoms with E-state index in [0.29, 0.717) is 11.8 Å². The molecule has 0 fully saturated rings. The van der Waals surface area contributed by atoms with Gasteiger partial charge in [0.2, 0.25) is 5.89 Å². The van der Waals surface area contributed by atoms with E-state index < -0.39 is 0 Å². The summed E-state index contributed by atoms with van der Waals surface area (Å²) in [6.45, 7) is 10.2. The van der Waals surface area contributed by atoms with Crippen LogP contribution >= 0.6 is 0 Å². The van der Waals surface area contributed by atoms with Crippen molar-refractivity contribution in [3.8, 4) is 0 Å². The molecule has 82 valence electrons. The molecular formula is C11H22N2O. The molecule has 0 aliphatic carbocycles. The summed E-state index contributed by atoms with van der Waals surface area (Å²) in [5, 5.41) is 3.92. The van der Waals surface area contributed by atoms with Crippen LogP contribution in [0.5, 0.6) is 0 Å². The zero-order valence-corrected chi connectivity index (χ0v) is 10.0. The lowest BCUT2D eigenvalue weighted by atomic mass is 10.0. The van der Waals surface area contributed by atoms with E-state index in [1.807, 2.05) is 20.8 Å². The summed E-state index contributed by atoms with van der Waals surface area (Å²) in [5.74, 6) is 2.02. The van der Waals surface area contributed by atoms with E-state index in [-0.39, 0.29) is 0 Å². The van der Waals surface area contributed by atoms with Gasteiger partial charge in [0.05, 0.1) is 0 Å². The van der Waals surface area contributed by atoms with Crippen LogP contribution in [0.25, 0.3) is 0 Å². The molecule has 0 aliphatic rings. The highest BCUT2D eigenvalue weighted by Crippen LogP contribution is 2.21. The predicted molar refractivity (Wildman–Crippen MR) is 58.3 cm³/mol. The smallest absolute Gasteiger partial charge is 0.223 e. The van der Waals surface area contributed by atoms with E-state index in [1.54, 1.807) is 0 Å². The van der Waals surface area contributed by atoms with Crippen molar-refractivity contribution >= 4 is 0 Å². The van der Waals surface area contributed by atoms with Gasteiger partial charge in [0.25, 0.3) is 0 Å². The topological polar surface area (TPSA) is 38.9 Å². The minimum atomic E-state index is 0.479. The number of aryl methyl sites for hydroxylation is 1. The molecule has 3 nitrogen and oxygen atoms in total. The van der Waals surface area contributed by atoms with Gasteiger partial charge in [-0.1, -0.05) is 39.3 Å². The molecule has 1 atom stereocenters. The van der Waals surface area contributed by atoms with Gasteiger partial charge in [0.15, 0.2) is 5.82 Å². The zero-order chi connectivity index (χ0) is 11.0. The van der Waals surface area contributed by atoms with Gasteiger partial charge in [-0.25, -0.2) is 0 Å². The summed E-state index contributed by atoms with van der Waals surface area (Å²) in [5.41, 5.74) is 0. The Morgan fingerprint density at radius 1 is 1.29 bits per heavy atom. The summed E-state index contributed by atoms with van der Waals surface area (Å²) < 4.78 is 4.93. The second-order valence-corrected chi connectivity index (χ2v) is 3.07. The third-order valence-electron chi connectivity index (χ3n) is 2.04. The van der Waals surface area contributed by atoms with Crippen LogP contribution in [0, 0.1) is 6.92 Å². The van der Waals surface area contributed by atoms with Crippen LogP contribution in [-0.4, -0.2) is 10.1 Å². The van der Waals surface area contributed by atoms with E-state index in [4.69, 9.17) is 4.52 Å². The summed E-state index contributed by atoms with van der Waals surface area (Å²) >= 11 is 0. The molecule has 1 rings (SSSR count). The van der Waals surface area contributed by atoms with Crippen LogP contribution in [0.15, 0.2) is 4.52 Å². The van der Waals surface area contributed by atoms with E-state index in [9.17, 15) is 0 Å². The second-order valence-electron chi connectivity index (χ2n) is 3.07. The lowest BCUT2D eigenvalue weighted by Gasteiger charge is -2.06. The Bertz CT molecular complexity index is 233. The quantitative estimate of drug-likeness (QED) is 0.740. The van der Waals surface area contributed by atoms with Crippen molar-refractivity contribution in [2.24, 2.45) is 0 Å². The maximum absolute atomic E-state index is 4.93. The number of hydrogen-bond donors (Lipinski definition) is 0. The highest BCUT2D eigenvalue weighted by molar-refractivity contribution is 4.93. The van der Waals surface area contributed by atoms with Crippen LogP contribution < -0.4 is 0 Å². The van der Waals surface area contributed by atoms with Crippen LogP contribution in [0.2, 0.25) is 0 Å². The normalized spacial score (nSPS) is 11.8. The van der Waals surface area contributed by atoms with Gasteiger partial charge in [0, 0.05) is 12.8 Å². The summed E-state index contributed by atoms with van der Waals surface area (Å²) in [6, 6.07) is 0. The Kier molecular flexibility index (Phi) is 7.07. The molecule has 3 heteroatoms. The van der Waals surface area contributed by atoms with Gasteiger partial charge in [0.1, 0.15) is 0 Å². The van der Waals surface area contributed by atoms with E-state index >= 15 is 0 Å². The molecule has 0 N–H and O–H groups in total. The average Bonchev–Trinajstić information content (AvgIpc) is 2.64. The highest BCUT2D eigenvalue weighted by Gasteiger charge is 2.13. The largest absolute Gasteiger partial charge is 0.340 e. The molecule has 0 bridgehead atoms. The van der Waals surface area contributed by atoms with Crippen LogP contribution in [0.3, 0.4) is 0 Å². The zero-order valence-electron chi connectivity index (χ0n) is 10.0. The molecule has 0 radical (unpaired) electrons. The molecule has 1 unspecified atom stereocenters. The fraction of sp³-hybridized carbons (Fsp3) is 0.818. The third kappa shape index (κ3) is 3.90. The van der Waals surface area contributed by atoms with Crippen molar-refractivity contribution in [2.45, 2.75) is 59.8 Å². The number of rotatable bonds is 4. The minimum absolute atomic E-state index is 0.479. The molecular weight excluding hydrogens is 176 g/mol. The van der Waals surface area contributed by atoms with Gasteiger partial charge < -0.3 is 4.52 Å². The molecule has 0 aromatic carbocycles. The first-order valence-electron chi connectivity index (χ1n) is 5.58. The van der Waals surface area contributed by atoms with Crippen LogP contribution in [0.4, 0.5) is 0 Å². The molecule has 0 saturated carbocycles. The summed E-state index contributed by atoms with van der Waals surface area (Å²) in [7, 11) is 0. The van der Waals surface area contributed by atoms with Crippen LogP contribution in [-0.2, 0) is 0 Å². The first-order valence-corrected chi connectivity index (χ1v) is 5.58. The Morgan fingerprint density at radius 3 is 2.29 bits per heavy atom. The molecule has 1 aromatic rings. The monoisotopic (exact) mass is 198 g/mol. The van der Waals surface area contributed by atoms with Crippen molar-refractivity contribution in [1.29, 1.82) is 0 Å². The standard InChI is InChI=1S/C9H16N2O.C2H6/c1-4-6-8(5-2)9-10-7(3)12-11-9;1-2/h8H,4-6H2,1-3H3;1-2H3. The highest BCUT2D eigenvalue weighted by atomic mass is 16.5. The van der Waals surface area contributed by atoms with Crippen molar-refractivity contribution in [3.05, 3.63) is 11.7 Å². The third-order valence-corrected chi connectivity index (χ3v) is 2.04. The Balaban J connectivity index is 0.000000791. The molecule has 0 spiro atoms. The maximum Gasteiger partial charge on any atom is 0.223 e. The van der Waals surface area contributed by atoms with Crippen molar-refractivity contribution in [1.82, 2.24) is 10.1 Å². The van der Waals surface area contributed by atoms with Crippen LogP contribution in [0.1, 0.15) is 64.6 Å². The van der Waals surface area contributed by atoms with Gasteiger partial charge in [-0.3, -0.25) is 0 Å². The second kappa shape index (κ2) is 7.54. The van der Waals surface area contributed by atoms with E-state index in [0.717, 1.165) is 18.7 Å². The van der Waals surface area contributed by atoms with Gasteiger partial charge >= 0.3 is 0 Å². The van der Waals surface area contributed by atoms with Crippen molar-refractivity contribution < 1.29 is 4.52 Å². The summed E-state index contributed by atoms with van der Waals surface area (Å²) in [6.07, 6.45) is 3.41. The Labute approximate surface area is 86.9 Å². The number of aromatic nitrogens is 2. The van der Waals surface area contributed by atoms with Crippen molar-refractivity contribution in [3.63, 3.8) is 0 Å². The van der Waals surface area contributed by atoms with Crippen molar-refractivity contribution in [2.75, 3.05) is 0 Å². The van der Waals surface area contributed by atoms with E-state index in [2.05, 4.69) is 24.0 Å². The average molecular weight is 198 g/mol. The minimum Gasteiger partial charge on any atom is -0.340 e. The maximum atomic E-state index is 4.93. The first kappa shape index (κ1) is 13.1. The van der Waals surface area contributed by atoms with Gasteiger partial charge in [-0.2, -0.15) is 4.98 Å². The Hall–Kier alpha value is -0.860. The molecule has 1 heterocycles. The molecule has 14 heavy (non-hydrogen) atoms. The lowest BCUT2D eigenvalue weighted by molar-refractivity contribution is 0.380. The lowest BCUT2D eigenvalue weighted by Crippen LogP contribution is -1.99. The molecule has 0 aliphatic heterocycles. The number of hydrogen-bond acceptors (Lipinski definition) is 3. The predicted octanol–water partition coefficient (Wildman–Crippen LogP) is 3.70. The Morgan fingerprint density at radius 2 is 1.93 bits per heavy atom. The van der Waals surface area contributed by atoms with Gasteiger partial charge in [-0.05, 0) is 12.8 Å². The first-order chi connectivity index (χ1) is 6.77. The molecule has 0 saturated heterocycles. The van der Waals surface area contributed by atoms with Gasteiger partial charge in [-0.15, -0.1) is 0 Å². The van der Waals surface area contributed by atoms with E-state index in [1.165, 1.54) is 6.42 Å². The molecule has 1 aromatic heterocycles.